The summed E-state index contributed by atoms with van der Waals surface area (Å²) in [6.45, 7) is 0. The topological polar surface area (TPSA) is 24.7 Å². The first-order valence-electron chi connectivity index (χ1n) is 5.15. The third kappa shape index (κ3) is 1.25. The number of nitrogens with zero attached hydrogens (tertiary/aromatic N) is 2. The first-order chi connectivity index (χ1) is 7.31. The van der Waals surface area contributed by atoms with Crippen molar-refractivity contribution in [2.24, 2.45) is 10.2 Å². The Hall–Kier alpha value is -1.15. The van der Waals surface area contributed by atoms with Crippen LogP contribution in [0.2, 0.25) is 0 Å². The molecule has 0 aromatic carbocycles. The Bertz CT molecular complexity index is 443. The minimum absolute atomic E-state index is 0.288. The fourth-order valence-electron chi connectivity index (χ4n) is 2.38. The van der Waals surface area contributed by atoms with Gasteiger partial charge in [-0.05, 0) is 36.1 Å². The molecule has 0 bridgehead atoms. The molecule has 1 heterocycles. The normalized spacial score (nSPS) is 36.7. The van der Waals surface area contributed by atoms with Gasteiger partial charge in [-0.3, -0.25) is 0 Å². The van der Waals surface area contributed by atoms with Crippen LogP contribution in [0.4, 0.5) is 0 Å². The van der Waals surface area contributed by atoms with E-state index in [0.717, 1.165) is 12.8 Å². The number of allylic oxidation sites excluding steroid dienone is 3. The molecule has 76 valence electrons. The molecule has 0 saturated carbocycles. The second-order valence-corrected chi connectivity index (χ2v) is 4.41. The SMILES string of the molecule is ClC1C=C2CCC=C3C=CC=CC32N=N1. The predicted octanol–water partition coefficient (Wildman–Crippen LogP) is 3.53. The molecule has 2 unspecified atom stereocenters. The summed E-state index contributed by atoms with van der Waals surface area (Å²) in [5.41, 5.74) is 1.91. The van der Waals surface area contributed by atoms with Gasteiger partial charge in [0.2, 0.25) is 0 Å². The van der Waals surface area contributed by atoms with Crippen LogP contribution in [-0.2, 0) is 0 Å². The van der Waals surface area contributed by atoms with E-state index in [1.807, 2.05) is 18.2 Å². The molecular formula is C12H11ClN2. The van der Waals surface area contributed by atoms with Gasteiger partial charge in [-0.2, -0.15) is 10.2 Å². The third-order valence-corrected chi connectivity index (χ3v) is 3.31. The van der Waals surface area contributed by atoms with Crippen molar-refractivity contribution >= 4 is 11.6 Å². The highest BCUT2D eigenvalue weighted by atomic mass is 35.5. The van der Waals surface area contributed by atoms with Crippen LogP contribution >= 0.6 is 11.6 Å². The summed E-state index contributed by atoms with van der Waals surface area (Å²) >= 11 is 5.97. The van der Waals surface area contributed by atoms with Crippen molar-refractivity contribution in [1.82, 2.24) is 0 Å². The zero-order valence-electron chi connectivity index (χ0n) is 8.23. The van der Waals surface area contributed by atoms with Gasteiger partial charge < -0.3 is 0 Å². The van der Waals surface area contributed by atoms with E-state index in [0.29, 0.717) is 0 Å². The summed E-state index contributed by atoms with van der Waals surface area (Å²) in [6, 6.07) is 0. The maximum Gasteiger partial charge on any atom is 0.163 e. The lowest BCUT2D eigenvalue weighted by Crippen LogP contribution is -2.34. The Morgan fingerprint density at radius 3 is 3.27 bits per heavy atom. The number of hydrogen-bond donors (Lipinski definition) is 0. The molecule has 1 aliphatic heterocycles. The van der Waals surface area contributed by atoms with Crippen molar-refractivity contribution in [3.63, 3.8) is 0 Å². The maximum atomic E-state index is 5.97. The lowest BCUT2D eigenvalue weighted by molar-refractivity contribution is 0.587. The predicted molar refractivity (Wildman–Crippen MR) is 60.9 cm³/mol. The molecule has 0 fully saturated rings. The van der Waals surface area contributed by atoms with Gasteiger partial charge >= 0.3 is 0 Å². The second-order valence-electron chi connectivity index (χ2n) is 3.96. The molecule has 3 rings (SSSR count). The minimum Gasteiger partial charge on any atom is -0.172 e. The van der Waals surface area contributed by atoms with Crippen molar-refractivity contribution in [2.75, 3.05) is 0 Å². The molecule has 0 saturated heterocycles. The molecule has 3 aliphatic rings. The van der Waals surface area contributed by atoms with E-state index >= 15 is 0 Å². The lowest BCUT2D eigenvalue weighted by Gasteiger charge is -2.36. The highest BCUT2D eigenvalue weighted by Crippen LogP contribution is 2.43. The maximum absolute atomic E-state index is 5.97. The highest BCUT2D eigenvalue weighted by Gasteiger charge is 2.39. The Labute approximate surface area is 93.7 Å². The van der Waals surface area contributed by atoms with Gasteiger partial charge in [0.15, 0.2) is 5.50 Å². The molecule has 0 radical (unpaired) electrons. The van der Waals surface area contributed by atoms with Crippen LogP contribution in [0.15, 0.2) is 57.8 Å². The fourth-order valence-corrected chi connectivity index (χ4v) is 2.57. The standard InChI is InChI=1S/C12H11ClN2/c13-11-8-10-6-3-5-9-4-1-2-7-12(9,10)15-14-11/h1-2,4-5,7-8,11H,3,6H2. The molecule has 3 heteroatoms. The Kier molecular flexibility index (Phi) is 1.93. The molecule has 2 nitrogen and oxygen atoms in total. The van der Waals surface area contributed by atoms with E-state index in [1.165, 1.54) is 11.1 Å². The molecule has 0 aromatic rings. The molecule has 2 aliphatic carbocycles. The largest absolute Gasteiger partial charge is 0.172 e. The molecule has 15 heavy (non-hydrogen) atoms. The van der Waals surface area contributed by atoms with Crippen LogP contribution in [0.1, 0.15) is 12.8 Å². The summed E-state index contributed by atoms with van der Waals surface area (Å²) in [7, 11) is 0. The van der Waals surface area contributed by atoms with E-state index in [1.54, 1.807) is 0 Å². The zero-order chi connectivity index (χ0) is 10.3. The third-order valence-electron chi connectivity index (χ3n) is 3.10. The number of alkyl halides is 1. The van der Waals surface area contributed by atoms with E-state index in [4.69, 9.17) is 11.6 Å². The number of rotatable bonds is 0. The number of halogens is 1. The van der Waals surface area contributed by atoms with Crippen LogP contribution < -0.4 is 0 Å². The summed E-state index contributed by atoms with van der Waals surface area (Å²) < 4.78 is 0. The first-order valence-corrected chi connectivity index (χ1v) is 5.59. The fraction of sp³-hybridized carbons (Fsp3) is 0.333. The van der Waals surface area contributed by atoms with E-state index in [2.05, 4.69) is 28.5 Å². The van der Waals surface area contributed by atoms with E-state index in [-0.39, 0.29) is 11.0 Å². The van der Waals surface area contributed by atoms with Gasteiger partial charge in [-0.15, -0.1) is 0 Å². The van der Waals surface area contributed by atoms with Crippen molar-refractivity contribution in [2.45, 2.75) is 23.9 Å². The van der Waals surface area contributed by atoms with Gasteiger partial charge in [0, 0.05) is 0 Å². The minimum atomic E-state index is -0.321. The number of hydrogen-bond acceptors (Lipinski definition) is 2. The molecule has 2 atom stereocenters. The smallest absolute Gasteiger partial charge is 0.163 e. The van der Waals surface area contributed by atoms with Gasteiger partial charge in [0.05, 0.1) is 0 Å². The Morgan fingerprint density at radius 1 is 1.40 bits per heavy atom. The molecule has 0 amide bonds. The number of azo groups is 1. The Morgan fingerprint density at radius 2 is 2.33 bits per heavy atom. The molecule has 0 N–H and O–H groups in total. The summed E-state index contributed by atoms with van der Waals surface area (Å²) in [5.74, 6) is 0. The average molecular weight is 219 g/mol. The molecular weight excluding hydrogens is 208 g/mol. The van der Waals surface area contributed by atoms with Crippen LogP contribution in [0, 0.1) is 0 Å². The van der Waals surface area contributed by atoms with Crippen molar-refractivity contribution in [3.8, 4) is 0 Å². The van der Waals surface area contributed by atoms with Crippen LogP contribution in [0.5, 0.6) is 0 Å². The quantitative estimate of drug-likeness (QED) is 0.338. The highest BCUT2D eigenvalue weighted by molar-refractivity contribution is 6.21. The Balaban J connectivity index is 2.17. The average Bonchev–Trinajstić information content (AvgIpc) is 2.27. The van der Waals surface area contributed by atoms with Crippen molar-refractivity contribution in [1.29, 1.82) is 0 Å². The van der Waals surface area contributed by atoms with Gasteiger partial charge in [-0.1, -0.05) is 35.9 Å². The molecule has 0 aromatic heterocycles. The van der Waals surface area contributed by atoms with Crippen molar-refractivity contribution < 1.29 is 0 Å². The van der Waals surface area contributed by atoms with Crippen LogP contribution in [0.25, 0.3) is 0 Å². The lowest BCUT2D eigenvalue weighted by atomic mass is 9.74. The summed E-state index contributed by atoms with van der Waals surface area (Å²) in [5, 5.41) is 8.48. The summed E-state index contributed by atoms with van der Waals surface area (Å²) in [6.07, 6.45) is 14.7. The monoisotopic (exact) mass is 218 g/mol. The summed E-state index contributed by atoms with van der Waals surface area (Å²) in [4.78, 5) is 0. The van der Waals surface area contributed by atoms with Crippen LogP contribution in [-0.4, -0.2) is 11.0 Å². The van der Waals surface area contributed by atoms with Crippen molar-refractivity contribution in [3.05, 3.63) is 47.6 Å². The second kappa shape index (κ2) is 3.17. The first kappa shape index (κ1) is 9.10. The van der Waals surface area contributed by atoms with Gasteiger partial charge in [0.1, 0.15) is 5.54 Å². The zero-order valence-corrected chi connectivity index (χ0v) is 8.98. The van der Waals surface area contributed by atoms with Gasteiger partial charge in [-0.25, -0.2) is 0 Å². The van der Waals surface area contributed by atoms with E-state index < -0.39 is 0 Å². The van der Waals surface area contributed by atoms with E-state index in [9.17, 15) is 0 Å². The van der Waals surface area contributed by atoms with Gasteiger partial charge in [0.25, 0.3) is 0 Å². The van der Waals surface area contributed by atoms with Crippen LogP contribution in [0.3, 0.4) is 0 Å². The molecule has 1 spiro atoms.